The van der Waals surface area contributed by atoms with Crippen LogP contribution < -0.4 is 4.90 Å². The van der Waals surface area contributed by atoms with Crippen LogP contribution in [0.2, 0.25) is 0 Å². The Morgan fingerprint density at radius 3 is 1.90 bits per heavy atom. The lowest BCUT2D eigenvalue weighted by atomic mass is 9.76. The Kier molecular flexibility index (Phi) is 7.78. The zero-order valence-corrected chi connectivity index (χ0v) is 24.7. The molecule has 0 saturated carbocycles. The summed E-state index contributed by atoms with van der Waals surface area (Å²) < 4.78 is 12.4. The van der Waals surface area contributed by atoms with Crippen molar-refractivity contribution in [2.75, 3.05) is 31.2 Å². The van der Waals surface area contributed by atoms with Gasteiger partial charge < -0.3 is 19.2 Å². The minimum absolute atomic E-state index is 0.228. The van der Waals surface area contributed by atoms with Gasteiger partial charge in [0.15, 0.2) is 0 Å². The maximum atomic E-state index is 11.4. The van der Waals surface area contributed by atoms with Gasteiger partial charge in [0.1, 0.15) is 11.4 Å². The fraction of sp³-hybridized carbons (Fsp3) is 0.400. The Bertz CT molecular complexity index is 1390. The van der Waals surface area contributed by atoms with Crippen LogP contribution in [-0.2, 0) is 22.0 Å². The Hall–Kier alpha value is -3.57. The highest BCUT2D eigenvalue weighted by molar-refractivity contribution is 5.54. The van der Waals surface area contributed by atoms with Crippen molar-refractivity contribution >= 4 is 5.88 Å². The Morgan fingerprint density at radius 1 is 0.800 bits per heavy atom. The van der Waals surface area contributed by atoms with Crippen LogP contribution in [0.15, 0.2) is 77.2 Å². The van der Waals surface area contributed by atoms with E-state index in [2.05, 4.69) is 107 Å². The average Bonchev–Trinajstić information content (AvgIpc) is 3.33. The topological polar surface area (TPSA) is 58.7 Å². The van der Waals surface area contributed by atoms with Crippen molar-refractivity contribution in [2.45, 2.75) is 64.7 Å². The Balaban J connectivity index is 1.71. The molecule has 0 amide bonds. The molecule has 0 bridgehead atoms. The van der Waals surface area contributed by atoms with Crippen molar-refractivity contribution in [3.8, 4) is 5.75 Å². The average molecular weight is 539 g/mol. The molecule has 1 N–H and O–H groups in total. The standard InChI is InChI=1S/C35H42N2O3/c1-34(2,3)27-22-26(23-28(31(27)38)35(4,5)6)30(25-15-11-8-12-16-25)32-36-29(21-24-13-9-7-10-14-24)33(40-32)37-17-19-39-20-18-37/h7-16,22-23,30,38H,17-21H2,1-6H3. The monoisotopic (exact) mass is 538 g/mol. The lowest BCUT2D eigenvalue weighted by Gasteiger charge is -2.29. The molecule has 5 nitrogen and oxygen atoms in total. The summed E-state index contributed by atoms with van der Waals surface area (Å²) in [5.41, 5.74) is 5.69. The summed E-state index contributed by atoms with van der Waals surface area (Å²) in [5, 5.41) is 11.4. The number of aromatic hydroxyl groups is 1. The number of nitrogens with zero attached hydrogens (tertiary/aromatic N) is 2. The fourth-order valence-corrected chi connectivity index (χ4v) is 5.49. The van der Waals surface area contributed by atoms with E-state index in [1.165, 1.54) is 5.56 Å². The van der Waals surface area contributed by atoms with Crippen molar-refractivity contribution in [3.05, 3.63) is 112 Å². The van der Waals surface area contributed by atoms with Crippen LogP contribution in [0, 0.1) is 0 Å². The number of aromatic nitrogens is 1. The van der Waals surface area contributed by atoms with E-state index in [1.807, 2.05) is 12.1 Å². The van der Waals surface area contributed by atoms with Crippen LogP contribution in [0.25, 0.3) is 0 Å². The fourth-order valence-electron chi connectivity index (χ4n) is 5.49. The molecular formula is C35H42N2O3. The highest BCUT2D eigenvalue weighted by atomic mass is 16.5. The van der Waals surface area contributed by atoms with Gasteiger partial charge in [-0.25, -0.2) is 4.98 Å². The van der Waals surface area contributed by atoms with E-state index in [1.54, 1.807) is 0 Å². The molecule has 1 aromatic heterocycles. The van der Waals surface area contributed by atoms with Crippen LogP contribution in [0.5, 0.6) is 5.75 Å². The predicted molar refractivity (Wildman–Crippen MR) is 162 cm³/mol. The van der Waals surface area contributed by atoms with E-state index in [0.717, 1.165) is 46.9 Å². The second kappa shape index (κ2) is 11.1. The second-order valence-corrected chi connectivity index (χ2v) is 12.9. The van der Waals surface area contributed by atoms with Crippen molar-refractivity contribution < 1.29 is 14.3 Å². The van der Waals surface area contributed by atoms with Gasteiger partial charge in [-0.2, -0.15) is 0 Å². The number of ether oxygens (including phenoxy) is 1. The normalized spacial score (nSPS) is 15.3. The lowest BCUT2D eigenvalue weighted by molar-refractivity contribution is 0.120. The molecule has 1 unspecified atom stereocenters. The molecule has 0 radical (unpaired) electrons. The van der Waals surface area contributed by atoms with Gasteiger partial charge in [-0.3, -0.25) is 0 Å². The van der Waals surface area contributed by atoms with Gasteiger partial charge in [-0.15, -0.1) is 0 Å². The number of phenolic OH excluding ortho intramolecular Hbond substituents is 1. The predicted octanol–water partition coefficient (Wildman–Crippen LogP) is 7.58. The van der Waals surface area contributed by atoms with Crippen molar-refractivity contribution in [1.82, 2.24) is 4.98 Å². The first-order valence-corrected chi connectivity index (χ1v) is 14.3. The minimum Gasteiger partial charge on any atom is -0.507 e. The number of benzene rings is 3. The summed E-state index contributed by atoms with van der Waals surface area (Å²) in [7, 11) is 0. The molecule has 2 heterocycles. The van der Waals surface area contributed by atoms with Crippen molar-refractivity contribution in [3.63, 3.8) is 0 Å². The molecule has 210 valence electrons. The van der Waals surface area contributed by atoms with Crippen LogP contribution in [0.1, 0.15) is 86.9 Å². The SMILES string of the molecule is CC(C)(C)c1cc(C(c2ccccc2)c2nc(Cc3ccccc3)c(N3CCOCC3)o2)cc(C(C)(C)C)c1O. The first kappa shape index (κ1) is 28.0. The number of oxazole rings is 1. The maximum Gasteiger partial charge on any atom is 0.220 e. The number of anilines is 1. The Morgan fingerprint density at radius 2 is 1.35 bits per heavy atom. The van der Waals surface area contributed by atoms with E-state index in [0.29, 0.717) is 31.3 Å². The highest BCUT2D eigenvalue weighted by Gasteiger charge is 2.32. The molecule has 4 aromatic rings. The molecule has 1 atom stereocenters. The summed E-state index contributed by atoms with van der Waals surface area (Å²) >= 11 is 0. The van der Waals surface area contributed by atoms with E-state index < -0.39 is 0 Å². The van der Waals surface area contributed by atoms with Gasteiger partial charge in [0.25, 0.3) is 0 Å². The first-order valence-electron chi connectivity index (χ1n) is 14.3. The molecule has 3 aromatic carbocycles. The van der Waals surface area contributed by atoms with E-state index >= 15 is 0 Å². The smallest absolute Gasteiger partial charge is 0.220 e. The number of rotatable bonds is 6. The molecule has 1 saturated heterocycles. The first-order chi connectivity index (χ1) is 19.0. The van der Waals surface area contributed by atoms with Crippen LogP contribution >= 0.6 is 0 Å². The third-order valence-electron chi connectivity index (χ3n) is 7.67. The van der Waals surface area contributed by atoms with Crippen LogP contribution in [-0.4, -0.2) is 36.4 Å². The summed E-state index contributed by atoms with van der Waals surface area (Å²) in [6.07, 6.45) is 0.689. The van der Waals surface area contributed by atoms with Gasteiger partial charge in [0.05, 0.1) is 19.1 Å². The van der Waals surface area contributed by atoms with E-state index in [-0.39, 0.29) is 16.7 Å². The van der Waals surface area contributed by atoms with Gasteiger partial charge in [0, 0.05) is 19.5 Å². The third-order valence-corrected chi connectivity index (χ3v) is 7.67. The lowest BCUT2D eigenvalue weighted by Crippen LogP contribution is -2.36. The molecule has 5 rings (SSSR count). The van der Waals surface area contributed by atoms with Gasteiger partial charge in [-0.05, 0) is 38.6 Å². The van der Waals surface area contributed by atoms with Crippen molar-refractivity contribution in [1.29, 1.82) is 0 Å². The molecule has 0 spiro atoms. The van der Waals surface area contributed by atoms with Gasteiger partial charge in [-0.1, -0.05) is 114 Å². The maximum absolute atomic E-state index is 11.4. The molecule has 0 aliphatic carbocycles. The number of hydrogen-bond acceptors (Lipinski definition) is 5. The van der Waals surface area contributed by atoms with Crippen molar-refractivity contribution in [2.24, 2.45) is 0 Å². The zero-order chi connectivity index (χ0) is 28.5. The van der Waals surface area contributed by atoms with E-state index in [9.17, 15) is 5.11 Å². The molecule has 1 aliphatic rings. The molecule has 1 fully saturated rings. The largest absolute Gasteiger partial charge is 0.507 e. The number of phenols is 1. The van der Waals surface area contributed by atoms with E-state index in [4.69, 9.17) is 14.1 Å². The molecule has 40 heavy (non-hydrogen) atoms. The number of hydrogen-bond donors (Lipinski definition) is 1. The van der Waals surface area contributed by atoms with Gasteiger partial charge in [0.2, 0.25) is 11.8 Å². The highest BCUT2D eigenvalue weighted by Crippen LogP contribution is 2.44. The Labute approximate surface area is 238 Å². The van der Waals surface area contributed by atoms with Crippen LogP contribution in [0.3, 0.4) is 0 Å². The molecule has 5 heteroatoms. The molecular weight excluding hydrogens is 496 g/mol. The third kappa shape index (κ3) is 5.95. The van der Waals surface area contributed by atoms with Crippen LogP contribution in [0.4, 0.5) is 5.88 Å². The molecule has 1 aliphatic heterocycles. The minimum atomic E-state index is -0.241. The second-order valence-electron chi connectivity index (χ2n) is 12.9. The number of morpholine rings is 1. The zero-order valence-electron chi connectivity index (χ0n) is 24.7. The summed E-state index contributed by atoms with van der Waals surface area (Å²) in [6.45, 7) is 15.8. The quantitative estimate of drug-likeness (QED) is 0.274. The van der Waals surface area contributed by atoms with Gasteiger partial charge >= 0.3 is 0 Å². The summed E-state index contributed by atoms with van der Waals surface area (Å²) in [6, 6.07) is 25.2. The summed E-state index contributed by atoms with van der Waals surface area (Å²) in [4.78, 5) is 7.49. The summed E-state index contributed by atoms with van der Waals surface area (Å²) in [5.74, 6) is 1.65.